The molecule has 2 nitrogen and oxygen atoms in total. The Balaban J connectivity index is 2.30. The Morgan fingerprint density at radius 2 is 2.00 bits per heavy atom. The number of hydrogen-bond donors (Lipinski definition) is 1. The Kier molecular flexibility index (Phi) is 5.55. The van der Waals surface area contributed by atoms with Gasteiger partial charge in [-0.25, -0.2) is 0 Å². The average Bonchev–Trinajstić information content (AvgIpc) is 2.30. The molecule has 0 aliphatic carbocycles. The lowest BCUT2D eigenvalue weighted by Crippen LogP contribution is -2.34. The van der Waals surface area contributed by atoms with Crippen molar-refractivity contribution in [3.8, 4) is 0 Å². The zero-order chi connectivity index (χ0) is 9.68. The van der Waals surface area contributed by atoms with E-state index in [1.165, 1.54) is 32.6 Å². The van der Waals surface area contributed by atoms with Gasteiger partial charge in [0.1, 0.15) is 0 Å². The van der Waals surface area contributed by atoms with Crippen molar-refractivity contribution >= 4 is 22.5 Å². The van der Waals surface area contributed by atoms with Crippen molar-refractivity contribution < 1.29 is 0 Å². The van der Waals surface area contributed by atoms with E-state index in [1.54, 1.807) is 10.8 Å². The fourth-order valence-electron chi connectivity index (χ4n) is 1.72. The van der Waals surface area contributed by atoms with Crippen LogP contribution in [0.4, 0.5) is 0 Å². The summed E-state index contributed by atoms with van der Waals surface area (Å²) >= 11 is 4.19. The van der Waals surface area contributed by atoms with E-state index in [4.69, 9.17) is 0 Å². The minimum absolute atomic E-state index is 0.698. The Bertz CT molecular complexity index is 142. The summed E-state index contributed by atoms with van der Waals surface area (Å²) in [5, 5.41) is 0. The highest BCUT2D eigenvalue weighted by atomic mass is 33.1. The van der Waals surface area contributed by atoms with Gasteiger partial charge < -0.3 is 0 Å². The molecule has 0 amide bonds. The molecule has 0 aromatic rings. The fourth-order valence-corrected chi connectivity index (χ4v) is 2.63. The summed E-state index contributed by atoms with van der Waals surface area (Å²) < 4.78 is 0. The van der Waals surface area contributed by atoms with Crippen molar-refractivity contribution in [3.63, 3.8) is 0 Å². The van der Waals surface area contributed by atoms with E-state index in [0.29, 0.717) is 6.04 Å². The zero-order valence-corrected chi connectivity index (χ0v) is 10.3. The third-order valence-corrected chi connectivity index (χ3v) is 3.42. The van der Waals surface area contributed by atoms with E-state index in [0.717, 1.165) is 5.88 Å². The number of thiol groups is 1. The predicted octanol–water partition coefficient (Wildman–Crippen LogP) is 1.94. The monoisotopic (exact) mass is 220 g/mol. The lowest BCUT2D eigenvalue weighted by molar-refractivity contribution is 0.227. The molecule has 0 aromatic heterocycles. The first-order chi connectivity index (χ1) is 6.24. The van der Waals surface area contributed by atoms with Gasteiger partial charge in [0.25, 0.3) is 0 Å². The highest BCUT2D eigenvalue weighted by Gasteiger charge is 2.15. The van der Waals surface area contributed by atoms with E-state index in [1.807, 2.05) is 0 Å². The van der Waals surface area contributed by atoms with Crippen LogP contribution < -0.4 is 0 Å². The summed E-state index contributed by atoms with van der Waals surface area (Å²) in [4.78, 5) is 5.04. The van der Waals surface area contributed by atoms with Gasteiger partial charge in [-0.3, -0.25) is 9.80 Å². The molecule has 0 radical (unpaired) electrons. The third-order valence-electron chi connectivity index (χ3n) is 2.59. The van der Waals surface area contributed by atoms with Gasteiger partial charge in [-0.2, -0.15) is 0 Å². The van der Waals surface area contributed by atoms with Crippen LogP contribution in [0.3, 0.4) is 0 Å². The highest BCUT2D eigenvalue weighted by molar-refractivity contribution is 8.68. The maximum atomic E-state index is 4.19. The van der Waals surface area contributed by atoms with Crippen LogP contribution in [0.1, 0.15) is 20.3 Å². The quantitative estimate of drug-likeness (QED) is 0.574. The molecule has 1 aliphatic rings. The second kappa shape index (κ2) is 6.17. The summed E-state index contributed by atoms with van der Waals surface area (Å²) in [5.41, 5.74) is 0. The molecule has 1 heterocycles. The van der Waals surface area contributed by atoms with Crippen molar-refractivity contribution in [2.24, 2.45) is 0 Å². The first-order valence-corrected chi connectivity index (χ1v) is 7.00. The molecule has 1 saturated heterocycles. The van der Waals surface area contributed by atoms with Gasteiger partial charge in [-0.1, -0.05) is 10.8 Å². The van der Waals surface area contributed by atoms with Crippen molar-refractivity contribution in [1.29, 1.82) is 0 Å². The van der Waals surface area contributed by atoms with Crippen molar-refractivity contribution in [2.75, 3.05) is 32.1 Å². The maximum Gasteiger partial charge on any atom is 0.0546 e. The van der Waals surface area contributed by atoms with Gasteiger partial charge in [0.15, 0.2) is 0 Å². The van der Waals surface area contributed by atoms with Gasteiger partial charge >= 0.3 is 0 Å². The van der Waals surface area contributed by atoms with E-state index < -0.39 is 0 Å². The molecule has 0 atom stereocenters. The van der Waals surface area contributed by atoms with Crippen LogP contribution in [0, 0.1) is 0 Å². The molecule has 78 valence electrons. The Morgan fingerprint density at radius 3 is 2.62 bits per heavy atom. The molecular weight excluding hydrogens is 200 g/mol. The molecule has 1 fully saturated rings. The molecule has 0 unspecified atom stereocenters. The first kappa shape index (κ1) is 11.7. The lowest BCUT2D eigenvalue weighted by Gasteiger charge is -2.24. The zero-order valence-electron chi connectivity index (χ0n) is 8.57. The van der Waals surface area contributed by atoms with Crippen LogP contribution in [-0.2, 0) is 0 Å². The van der Waals surface area contributed by atoms with Crippen LogP contribution in [0.2, 0.25) is 0 Å². The molecular formula is C9H20N2S2. The van der Waals surface area contributed by atoms with E-state index in [9.17, 15) is 0 Å². The van der Waals surface area contributed by atoms with Crippen molar-refractivity contribution in [2.45, 2.75) is 26.3 Å². The molecule has 0 bridgehead atoms. The predicted molar refractivity (Wildman–Crippen MR) is 64.3 cm³/mol. The SMILES string of the molecule is CC(C)N1CCCN(CSS)CC1. The van der Waals surface area contributed by atoms with Gasteiger partial charge in [-0.05, 0) is 26.8 Å². The third kappa shape index (κ3) is 4.11. The van der Waals surface area contributed by atoms with Gasteiger partial charge in [-0.15, -0.1) is 11.7 Å². The van der Waals surface area contributed by atoms with E-state index >= 15 is 0 Å². The van der Waals surface area contributed by atoms with Gasteiger partial charge in [0, 0.05) is 25.7 Å². The second-order valence-corrected chi connectivity index (χ2v) is 5.15. The summed E-state index contributed by atoms with van der Waals surface area (Å²) in [6.07, 6.45) is 1.30. The molecule has 0 N–H and O–H groups in total. The maximum absolute atomic E-state index is 4.19. The summed E-state index contributed by atoms with van der Waals surface area (Å²) in [6.45, 7) is 9.46. The van der Waals surface area contributed by atoms with Crippen LogP contribution in [-0.4, -0.2) is 47.9 Å². The second-order valence-electron chi connectivity index (χ2n) is 3.86. The van der Waals surface area contributed by atoms with E-state index in [2.05, 4.69) is 35.3 Å². The van der Waals surface area contributed by atoms with Crippen LogP contribution in [0.15, 0.2) is 0 Å². The van der Waals surface area contributed by atoms with Gasteiger partial charge in [0.2, 0.25) is 0 Å². The van der Waals surface area contributed by atoms with Crippen LogP contribution in [0.5, 0.6) is 0 Å². The lowest BCUT2D eigenvalue weighted by atomic mass is 10.3. The summed E-state index contributed by atoms with van der Waals surface area (Å²) in [5.74, 6) is 1.06. The first-order valence-electron chi connectivity index (χ1n) is 4.97. The molecule has 0 saturated carbocycles. The van der Waals surface area contributed by atoms with Crippen LogP contribution in [0.25, 0.3) is 0 Å². The van der Waals surface area contributed by atoms with Gasteiger partial charge in [0.05, 0.1) is 5.88 Å². The normalized spacial score (nSPS) is 22.2. The van der Waals surface area contributed by atoms with Crippen molar-refractivity contribution in [3.05, 3.63) is 0 Å². The number of nitrogens with zero attached hydrogens (tertiary/aromatic N) is 2. The molecule has 13 heavy (non-hydrogen) atoms. The molecule has 4 heteroatoms. The molecule has 0 aromatic carbocycles. The van der Waals surface area contributed by atoms with E-state index in [-0.39, 0.29) is 0 Å². The largest absolute Gasteiger partial charge is 0.300 e. The minimum Gasteiger partial charge on any atom is -0.300 e. The Morgan fingerprint density at radius 1 is 1.23 bits per heavy atom. The summed E-state index contributed by atoms with van der Waals surface area (Å²) in [6, 6.07) is 0.698. The Hall–Kier alpha value is 0.620. The van der Waals surface area contributed by atoms with Crippen LogP contribution >= 0.6 is 22.5 Å². The fraction of sp³-hybridized carbons (Fsp3) is 1.00. The topological polar surface area (TPSA) is 6.48 Å². The Labute approximate surface area is 90.9 Å². The summed E-state index contributed by atoms with van der Waals surface area (Å²) in [7, 11) is 1.63. The van der Waals surface area contributed by atoms with Crippen molar-refractivity contribution in [1.82, 2.24) is 9.80 Å². The average molecular weight is 220 g/mol. The number of hydrogen-bond acceptors (Lipinski definition) is 4. The molecule has 0 spiro atoms. The molecule has 1 rings (SSSR count). The highest BCUT2D eigenvalue weighted by Crippen LogP contribution is 2.12. The minimum atomic E-state index is 0.698. The standard InChI is InChI=1S/C9H20N2S2/c1-9(2)11-5-3-4-10(6-7-11)8-13-12/h9,12H,3-8H2,1-2H3. The molecule has 1 aliphatic heterocycles. The number of rotatable bonds is 3. The smallest absolute Gasteiger partial charge is 0.0546 e.